The number of halogens is 1. The van der Waals surface area contributed by atoms with Gasteiger partial charge in [0.1, 0.15) is 17.2 Å². The molecule has 192 valence electrons. The van der Waals surface area contributed by atoms with Crippen molar-refractivity contribution in [1.82, 2.24) is 24.6 Å². The lowest BCUT2D eigenvalue weighted by Crippen LogP contribution is -2.50. The summed E-state index contributed by atoms with van der Waals surface area (Å²) in [5.41, 5.74) is 2.19. The number of nitrogens with one attached hydrogen (secondary N) is 1. The first-order chi connectivity index (χ1) is 17.8. The van der Waals surface area contributed by atoms with Crippen molar-refractivity contribution in [2.45, 2.75) is 38.3 Å². The lowest BCUT2D eigenvalue weighted by Gasteiger charge is -2.35. The molecule has 11 heteroatoms. The zero-order valence-corrected chi connectivity index (χ0v) is 22.4. The van der Waals surface area contributed by atoms with Crippen LogP contribution in [0.4, 0.5) is 9.52 Å². The van der Waals surface area contributed by atoms with Crippen LogP contribution in [0.1, 0.15) is 45.9 Å². The lowest BCUT2D eigenvalue weighted by atomic mass is 9.98. The Kier molecular flexibility index (Phi) is 5.99. The van der Waals surface area contributed by atoms with Gasteiger partial charge in [0.05, 0.1) is 16.6 Å². The van der Waals surface area contributed by atoms with Crippen molar-refractivity contribution in [3.8, 4) is 10.4 Å². The van der Waals surface area contributed by atoms with Gasteiger partial charge in [-0.15, -0.1) is 11.3 Å². The van der Waals surface area contributed by atoms with Crippen LogP contribution in [0.3, 0.4) is 0 Å². The van der Waals surface area contributed by atoms with Gasteiger partial charge in [0.25, 0.3) is 11.8 Å². The number of benzene rings is 1. The number of aromatic nitrogens is 3. The van der Waals surface area contributed by atoms with Crippen molar-refractivity contribution in [3.63, 3.8) is 0 Å². The molecule has 0 radical (unpaired) electrons. The number of carbonyl (C=O) groups is 2. The largest absolute Gasteiger partial charge is 0.354 e. The number of thiazole rings is 2. The second-order valence-electron chi connectivity index (χ2n) is 9.90. The molecule has 1 aliphatic heterocycles. The van der Waals surface area contributed by atoms with Gasteiger partial charge in [-0.1, -0.05) is 23.5 Å². The van der Waals surface area contributed by atoms with E-state index in [0.717, 1.165) is 24.2 Å². The van der Waals surface area contributed by atoms with Gasteiger partial charge < -0.3 is 15.1 Å². The highest BCUT2D eigenvalue weighted by atomic mass is 32.1. The molecule has 4 aromatic rings. The molecule has 8 nitrogen and oxygen atoms in total. The molecule has 4 heterocycles. The molecular weight excluding hydrogens is 511 g/mol. The van der Waals surface area contributed by atoms with Crippen LogP contribution < -0.4 is 10.2 Å². The fourth-order valence-corrected chi connectivity index (χ4v) is 7.45. The average Bonchev–Trinajstić information content (AvgIpc) is 3.68. The molecule has 1 aromatic carbocycles. The molecule has 1 saturated carbocycles. The maximum atomic E-state index is 14.1. The van der Waals surface area contributed by atoms with Crippen LogP contribution in [0.2, 0.25) is 0 Å². The van der Waals surface area contributed by atoms with Crippen LogP contribution in [0.5, 0.6) is 0 Å². The Morgan fingerprint density at radius 3 is 2.86 bits per heavy atom. The first kappa shape index (κ1) is 24.1. The van der Waals surface area contributed by atoms with E-state index in [1.54, 1.807) is 12.1 Å². The van der Waals surface area contributed by atoms with E-state index < -0.39 is 0 Å². The molecule has 1 saturated heterocycles. The van der Waals surface area contributed by atoms with E-state index in [0.29, 0.717) is 45.1 Å². The van der Waals surface area contributed by atoms with E-state index >= 15 is 0 Å². The quantitative estimate of drug-likeness (QED) is 0.392. The SMILES string of the molecule is Cc1nc2sccn2c1C(=O)NC[C@@H]1[C@H]2CC[C@H](C2)N1C(=O)c1nc(N(C)C)sc1-c1cccc(F)c1. The second kappa shape index (κ2) is 9.21. The number of nitrogens with zero attached hydrogens (tertiary/aromatic N) is 5. The summed E-state index contributed by atoms with van der Waals surface area (Å²) in [5.74, 6) is -0.378. The van der Waals surface area contributed by atoms with Gasteiger partial charge in [-0.2, -0.15) is 0 Å². The number of carbonyl (C=O) groups excluding carboxylic acids is 2. The maximum Gasteiger partial charge on any atom is 0.274 e. The van der Waals surface area contributed by atoms with Crippen molar-refractivity contribution in [2.75, 3.05) is 25.5 Å². The smallest absolute Gasteiger partial charge is 0.274 e. The summed E-state index contributed by atoms with van der Waals surface area (Å²) in [5, 5.41) is 5.67. The number of anilines is 1. The highest BCUT2D eigenvalue weighted by molar-refractivity contribution is 7.19. The van der Waals surface area contributed by atoms with Gasteiger partial charge in [-0.25, -0.2) is 14.4 Å². The van der Waals surface area contributed by atoms with Gasteiger partial charge in [-0.3, -0.25) is 14.0 Å². The summed E-state index contributed by atoms with van der Waals surface area (Å²) in [4.78, 5) is 41.6. The van der Waals surface area contributed by atoms with Crippen molar-refractivity contribution < 1.29 is 14.0 Å². The molecule has 37 heavy (non-hydrogen) atoms. The molecule has 2 aliphatic rings. The van der Waals surface area contributed by atoms with E-state index in [1.165, 1.54) is 34.8 Å². The van der Waals surface area contributed by atoms with E-state index in [9.17, 15) is 14.0 Å². The fourth-order valence-electron chi connectivity index (χ4n) is 5.71. The number of fused-ring (bicyclic) bond motifs is 3. The Labute approximate surface area is 221 Å². The highest BCUT2D eigenvalue weighted by Crippen LogP contribution is 2.44. The minimum Gasteiger partial charge on any atom is -0.354 e. The monoisotopic (exact) mass is 538 g/mol. The first-order valence-electron chi connectivity index (χ1n) is 12.3. The Hall–Kier alpha value is -3.31. The van der Waals surface area contributed by atoms with E-state index in [4.69, 9.17) is 0 Å². The summed E-state index contributed by atoms with van der Waals surface area (Å²) >= 11 is 2.87. The van der Waals surface area contributed by atoms with Gasteiger partial charge >= 0.3 is 0 Å². The van der Waals surface area contributed by atoms with Crippen LogP contribution in [-0.2, 0) is 0 Å². The second-order valence-corrected chi connectivity index (χ2v) is 11.7. The van der Waals surface area contributed by atoms with Crippen molar-refractivity contribution in [1.29, 1.82) is 0 Å². The van der Waals surface area contributed by atoms with Gasteiger partial charge in [0.15, 0.2) is 10.1 Å². The van der Waals surface area contributed by atoms with Gasteiger partial charge in [0.2, 0.25) is 0 Å². The molecule has 1 N–H and O–H groups in total. The standard InChI is InChI=1S/C26H27FN6O2S2/c1-14-21(32-9-10-36-26(32)29-14)23(34)28-13-19-15-7-8-18(12-15)33(19)24(35)20-22(37-25(30-20)31(2)3)16-5-4-6-17(27)11-16/h4-6,9-11,15,18-19H,7-8,12-13H2,1-3H3,(H,28,34)/t15-,18+,19+/m0/s1. The van der Waals surface area contributed by atoms with E-state index in [-0.39, 0.29) is 29.7 Å². The topological polar surface area (TPSA) is 82.8 Å². The minimum absolute atomic E-state index is 0.115. The fraction of sp³-hybridized carbons (Fsp3) is 0.385. The minimum atomic E-state index is -0.355. The molecule has 2 fully saturated rings. The van der Waals surface area contributed by atoms with Crippen LogP contribution in [0, 0.1) is 18.7 Å². The Morgan fingerprint density at radius 2 is 2.08 bits per heavy atom. The number of piperidine rings is 1. The van der Waals surface area contributed by atoms with Crippen LogP contribution >= 0.6 is 22.7 Å². The Balaban J connectivity index is 1.29. The van der Waals surface area contributed by atoms with Crippen molar-refractivity contribution >= 4 is 44.6 Å². The molecule has 3 atom stereocenters. The van der Waals surface area contributed by atoms with Crippen LogP contribution in [0.25, 0.3) is 15.4 Å². The molecule has 0 spiro atoms. The molecule has 3 aromatic heterocycles. The highest BCUT2D eigenvalue weighted by Gasteiger charge is 2.49. The third kappa shape index (κ3) is 4.10. The normalized spacial score (nSPS) is 20.6. The van der Waals surface area contributed by atoms with E-state index in [2.05, 4.69) is 15.3 Å². The maximum absolute atomic E-state index is 14.1. The summed E-state index contributed by atoms with van der Waals surface area (Å²) in [6, 6.07) is 6.28. The Bertz CT molecular complexity index is 1510. The predicted molar refractivity (Wildman–Crippen MR) is 143 cm³/mol. The number of aryl methyl sites for hydroxylation is 1. The van der Waals surface area contributed by atoms with Crippen LogP contribution in [-0.4, -0.2) is 63.8 Å². The molecule has 1 aliphatic carbocycles. The number of imidazole rings is 1. The lowest BCUT2D eigenvalue weighted by molar-refractivity contribution is 0.0577. The predicted octanol–water partition coefficient (Wildman–Crippen LogP) is 4.46. The average molecular weight is 539 g/mol. The summed E-state index contributed by atoms with van der Waals surface area (Å²) in [6.45, 7) is 2.20. The summed E-state index contributed by atoms with van der Waals surface area (Å²) < 4.78 is 15.9. The first-order valence-corrected chi connectivity index (χ1v) is 14.0. The molecule has 2 bridgehead atoms. The molecular formula is C26H27FN6O2S2. The number of hydrogen-bond donors (Lipinski definition) is 1. The number of hydrogen-bond acceptors (Lipinski definition) is 7. The van der Waals surface area contributed by atoms with Crippen molar-refractivity contribution in [3.05, 3.63) is 58.7 Å². The molecule has 2 amide bonds. The van der Waals surface area contributed by atoms with Crippen LogP contribution in [0.15, 0.2) is 35.8 Å². The van der Waals surface area contributed by atoms with Gasteiger partial charge in [-0.05, 0) is 49.8 Å². The summed E-state index contributed by atoms with van der Waals surface area (Å²) in [6.07, 6.45) is 4.75. The molecule has 0 unspecified atom stereocenters. The number of likely N-dealkylation sites (tertiary alicyclic amines) is 1. The van der Waals surface area contributed by atoms with Crippen molar-refractivity contribution in [2.24, 2.45) is 5.92 Å². The Morgan fingerprint density at radius 1 is 1.24 bits per heavy atom. The number of amides is 2. The van der Waals surface area contributed by atoms with Gasteiger partial charge in [0, 0.05) is 38.3 Å². The third-order valence-corrected chi connectivity index (χ3v) is 9.41. The summed E-state index contributed by atoms with van der Waals surface area (Å²) in [7, 11) is 3.75. The number of rotatable bonds is 6. The zero-order valence-electron chi connectivity index (χ0n) is 20.8. The molecule has 6 rings (SSSR count). The van der Waals surface area contributed by atoms with E-state index in [1.807, 2.05) is 46.8 Å². The zero-order chi connectivity index (χ0) is 25.8. The third-order valence-electron chi connectivity index (χ3n) is 7.39.